The molecule has 0 bridgehead atoms. The molecule has 5 aromatic rings. The lowest BCUT2D eigenvalue weighted by molar-refractivity contribution is -0.113. The van der Waals surface area contributed by atoms with Gasteiger partial charge in [0, 0.05) is 26.3 Å². The normalized spacial score (nSPS) is 16.6. The molecule has 11 heteroatoms. The quantitative estimate of drug-likeness (QED) is 0.171. The molecular formula is C36H34N6O3S2. The number of nitrogens with zero attached hydrogens (tertiary/aromatic N) is 6. The molecule has 0 aliphatic carbocycles. The average Bonchev–Trinajstić information content (AvgIpc) is 3.47. The van der Waals surface area contributed by atoms with Crippen LogP contribution in [-0.2, 0) is 18.3 Å². The predicted octanol–water partition coefficient (Wildman–Crippen LogP) is 5.67. The van der Waals surface area contributed by atoms with Crippen LogP contribution in [0.2, 0.25) is 0 Å². The van der Waals surface area contributed by atoms with Gasteiger partial charge in [0.15, 0.2) is 4.32 Å². The van der Waals surface area contributed by atoms with Crippen LogP contribution in [-0.4, -0.2) is 42.1 Å². The number of aryl methyl sites for hydroxylation is 1. The minimum atomic E-state index is -0.438. The highest BCUT2D eigenvalue weighted by Gasteiger charge is 2.38. The fourth-order valence-corrected chi connectivity index (χ4v) is 7.77. The maximum Gasteiger partial charge on any atom is 0.296 e. The number of aromatic nitrogens is 4. The van der Waals surface area contributed by atoms with Gasteiger partial charge >= 0.3 is 0 Å². The zero-order valence-electron chi connectivity index (χ0n) is 26.4. The molecule has 2 saturated heterocycles. The summed E-state index contributed by atoms with van der Waals surface area (Å²) in [6.07, 6.45) is 6.33. The summed E-state index contributed by atoms with van der Waals surface area (Å²) in [4.78, 5) is 50.7. The molecule has 0 atom stereocenters. The van der Waals surface area contributed by atoms with Crippen LogP contribution < -0.4 is 20.9 Å². The van der Waals surface area contributed by atoms with Crippen LogP contribution in [0.1, 0.15) is 35.2 Å². The van der Waals surface area contributed by atoms with Crippen molar-refractivity contribution in [2.75, 3.05) is 22.9 Å². The molecule has 0 saturated carbocycles. The molecule has 0 spiro atoms. The highest BCUT2D eigenvalue weighted by molar-refractivity contribution is 8.27. The Kier molecular flexibility index (Phi) is 8.19. The van der Waals surface area contributed by atoms with Gasteiger partial charge < -0.3 is 4.90 Å². The van der Waals surface area contributed by atoms with Crippen LogP contribution >= 0.6 is 24.0 Å². The average molecular weight is 663 g/mol. The molecule has 2 aromatic carbocycles. The van der Waals surface area contributed by atoms with Crippen molar-refractivity contribution in [1.29, 1.82) is 0 Å². The van der Waals surface area contributed by atoms with E-state index in [0.717, 1.165) is 49.7 Å². The van der Waals surface area contributed by atoms with E-state index in [1.807, 2.05) is 55.5 Å². The number of carbonyl (C=O) groups excluding carboxylic acids is 1. The lowest BCUT2D eigenvalue weighted by Gasteiger charge is -2.33. The first kappa shape index (κ1) is 30.9. The Morgan fingerprint density at radius 1 is 0.915 bits per heavy atom. The smallest absolute Gasteiger partial charge is 0.296 e. The third-order valence-electron chi connectivity index (χ3n) is 9.08. The van der Waals surface area contributed by atoms with Crippen LogP contribution in [0.15, 0.2) is 93.5 Å². The number of hydrogen-bond donors (Lipinski definition) is 0. The molecule has 47 heavy (non-hydrogen) atoms. The fraction of sp³-hybridized carbons (Fsp3) is 0.250. The van der Waals surface area contributed by atoms with Crippen molar-refractivity contribution >= 4 is 57.4 Å². The van der Waals surface area contributed by atoms with Crippen molar-refractivity contribution in [1.82, 2.24) is 18.7 Å². The second kappa shape index (κ2) is 12.5. The number of para-hydroxylation sites is 1. The lowest BCUT2D eigenvalue weighted by atomic mass is 9.90. The number of fused-ring (bicyclic) bond motifs is 1. The Morgan fingerprint density at radius 2 is 1.60 bits per heavy atom. The summed E-state index contributed by atoms with van der Waals surface area (Å²) >= 11 is 6.78. The van der Waals surface area contributed by atoms with Crippen LogP contribution in [0, 0.1) is 19.8 Å². The van der Waals surface area contributed by atoms with Crippen LogP contribution in [0.3, 0.4) is 0 Å². The van der Waals surface area contributed by atoms with Crippen molar-refractivity contribution in [2.45, 2.75) is 33.1 Å². The van der Waals surface area contributed by atoms with Gasteiger partial charge in [-0.15, -0.1) is 0 Å². The van der Waals surface area contributed by atoms with Crippen molar-refractivity contribution in [3.8, 4) is 5.69 Å². The summed E-state index contributed by atoms with van der Waals surface area (Å²) in [5, 5.41) is 0. The van der Waals surface area contributed by atoms with E-state index in [4.69, 9.17) is 17.2 Å². The van der Waals surface area contributed by atoms with Gasteiger partial charge in [-0.05, 0) is 74.4 Å². The van der Waals surface area contributed by atoms with E-state index in [1.54, 1.807) is 30.9 Å². The minimum absolute atomic E-state index is 0.201. The fourth-order valence-electron chi connectivity index (χ4n) is 6.51. The van der Waals surface area contributed by atoms with Gasteiger partial charge in [-0.2, -0.15) is 0 Å². The van der Waals surface area contributed by atoms with Crippen molar-refractivity contribution in [2.24, 2.45) is 13.0 Å². The van der Waals surface area contributed by atoms with Gasteiger partial charge in [0.1, 0.15) is 17.2 Å². The second-order valence-electron chi connectivity index (χ2n) is 12.1. The molecule has 238 valence electrons. The number of carbonyl (C=O) groups is 1. The van der Waals surface area contributed by atoms with E-state index in [0.29, 0.717) is 34.3 Å². The first-order chi connectivity index (χ1) is 22.7. The van der Waals surface area contributed by atoms with E-state index >= 15 is 0 Å². The summed E-state index contributed by atoms with van der Waals surface area (Å²) in [7, 11) is 1.78. The van der Waals surface area contributed by atoms with Crippen LogP contribution in [0.25, 0.3) is 17.4 Å². The molecule has 2 aliphatic rings. The molecule has 2 aliphatic heterocycles. The largest absolute Gasteiger partial charge is 0.356 e. The number of pyridine rings is 1. The SMILES string of the molecule is Cc1ccc2nc(N3CCC(Cc4ccccc4)CC3)c(C=C3SC(=S)N(c4c(C)n(C)n(-c5ccccc5)c4=O)C3=O)c(=O)n2c1. The number of thiocarbonyl (C=S) groups is 1. The number of rotatable bonds is 6. The number of hydrogen-bond acceptors (Lipinski definition) is 7. The van der Waals surface area contributed by atoms with E-state index in [2.05, 4.69) is 29.2 Å². The first-order valence-corrected chi connectivity index (χ1v) is 16.9. The van der Waals surface area contributed by atoms with Gasteiger partial charge in [-0.3, -0.25) is 28.4 Å². The van der Waals surface area contributed by atoms with E-state index < -0.39 is 5.91 Å². The van der Waals surface area contributed by atoms with Gasteiger partial charge in [0.05, 0.1) is 21.8 Å². The number of anilines is 2. The Bertz CT molecular complexity index is 2180. The Labute approximate surface area is 281 Å². The number of benzene rings is 2. The molecule has 7 rings (SSSR count). The Hall–Kier alpha value is -4.74. The third kappa shape index (κ3) is 5.63. The predicted molar refractivity (Wildman–Crippen MR) is 193 cm³/mol. The monoisotopic (exact) mass is 662 g/mol. The summed E-state index contributed by atoms with van der Waals surface area (Å²) in [6.45, 7) is 5.21. The maximum absolute atomic E-state index is 14.1. The maximum atomic E-state index is 14.1. The molecule has 9 nitrogen and oxygen atoms in total. The molecule has 0 N–H and O–H groups in total. The summed E-state index contributed by atoms with van der Waals surface area (Å²) in [5.74, 6) is 0.656. The zero-order chi connectivity index (χ0) is 32.8. The Balaban J connectivity index is 1.26. The second-order valence-corrected chi connectivity index (χ2v) is 13.8. The molecule has 0 unspecified atom stereocenters. The van der Waals surface area contributed by atoms with Gasteiger partial charge in [0.25, 0.3) is 17.0 Å². The van der Waals surface area contributed by atoms with Crippen molar-refractivity contribution in [3.05, 3.63) is 127 Å². The Morgan fingerprint density at radius 3 is 2.30 bits per heavy atom. The zero-order valence-corrected chi connectivity index (χ0v) is 28.1. The molecule has 2 fully saturated rings. The topological polar surface area (TPSA) is 84.8 Å². The van der Waals surface area contributed by atoms with Crippen molar-refractivity contribution in [3.63, 3.8) is 0 Å². The number of amides is 1. The van der Waals surface area contributed by atoms with Gasteiger partial charge in [-0.1, -0.05) is 78.6 Å². The molecule has 5 heterocycles. The molecule has 3 aromatic heterocycles. The van der Waals surface area contributed by atoms with Crippen molar-refractivity contribution < 1.29 is 4.79 Å². The van der Waals surface area contributed by atoms with Crippen LogP contribution in [0.4, 0.5) is 11.5 Å². The van der Waals surface area contributed by atoms with Crippen LogP contribution in [0.5, 0.6) is 0 Å². The highest BCUT2D eigenvalue weighted by atomic mass is 32.2. The van der Waals surface area contributed by atoms with Gasteiger partial charge in [-0.25, -0.2) is 9.67 Å². The summed E-state index contributed by atoms with van der Waals surface area (Å²) in [5.41, 5.74) is 4.00. The minimum Gasteiger partial charge on any atom is -0.356 e. The van der Waals surface area contributed by atoms with E-state index in [9.17, 15) is 14.4 Å². The lowest BCUT2D eigenvalue weighted by Crippen LogP contribution is -2.37. The molecule has 1 amide bonds. The standard InChI is InChI=1S/C36H34N6O3S2/c1-23-14-15-30-37-32(39-18-16-26(17-19-39)20-25-10-6-4-7-11-25)28(33(43)40(30)22-23)21-29-34(44)41(36(46)47-29)31-24(2)38(3)42(35(31)45)27-12-8-5-9-13-27/h4-15,21-22,26H,16-20H2,1-3H3. The van der Waals surface area contributed by atoms with E-state index in [-0.39, 0.29) is 26.0 Å². The third-order valence-corrected chi connectivity index (χ3v) is 10.4. The first-order valence-electron chi connectivity index (χ1n) is 15.6. The van der Waals surface area contributed by atoms with E-state index in [1.165, 1.54) is 19.5 Å². The highest BCUT2D eigenvalue weighted by Crippen LogP contribution is 2.37. The number of thioether (sulfide) groups is 1. The summed E-state index contributed by atoms with van der Waals surface area (Å²) < 4.78 is 5.01. The summed E-state index contributed by atoms with van der Waals surface area (Å²) in [6, 6.07) is 23.6. The molecule has 0 radical (unpaired) electrons. The molecular weight excluding hydrogens is 629 g/mol. The number of piperidine rings is 1. The van der Waals surface area contributed by atoms with Gasteiger partial charge in [0.2, 0.25) is 0 Å².